The van der Waals surface area contributed by atoms with Crippen LogP contribution >= 0.6 is 11.6 Å². The zero-order valence-corrected chi connectivity index (χ0v) is 10.3. The quantitative estimate of drug-likeness (QED) is 0.462. The molecule has 17 heavy (non-hydrogen) atoms. The molecule has 92 valence electrons. The Kier molecular flexibility index (Phi) is 3.78. The number of rotatable bonds is 3. The van der Waals surface area contributed by atoms with Gasteiger partial charge in [-0.2, -0.15) is 0 Å². The topological polar surface area (TPSA) is 71.4 Å². The molecule has 1 aliphatic heterocycles. The van der Waals surface area contributed by atoms with Gasteiger partial charge in [0.2, 0.25) is 0 Å². The van der Waals surface area contributed by atoms with Crippen LogP contribution in [-0.4, -0.2) is 40.9 Å². The molecule has 1 aromatic heterocycles. The zero-order chi connectivity index (χ0) is 12.3. The maximum absolute atomic E-state index is 10.5. The molecule has 6 nitrogen and oxygen atoms in total. The Hall–Kier alpha value is -1.37. The number of guanidine groups is 1. The molecule has 2 N–H and O–H groups in total. The van der Waals surface area contributed by atoms with Gasteiger partial charge in [0.15, 0.2) is 0 Å². The number of hydrogen-bond acceptors (Lipinski definition) is 3. The summed E-state index contributed by atoms with van der Waals surface area (Å²) in [5.74, 6) is 0.704. The average Bonchev–Trinajstić information content (AvgIpc) is 2.65. The van der Waals surface area contributed by atoms with Gasteiger partial charge in [0, 0.05) is 32.9 Å². The lowest BCUT2D eigenvalue weighted by molar-refractivity contribution is -0.595. The van der Waals surface area contributed by atoms with E-state index < -0.39 is 0 Å². The predicted molar refractivity (Wildman–Crippen MR) is 65.0 cm³/mol. The highest BCUT2D eigenvalue weighted by atomic mass is 35.5. The van der Waals surface area contributed by atoms with Gasteiger partial charge in [-0.25, -0.2) is 4.98 Å². The van der Waals surface area contributed by atoms with E-state index >= 15 is 0 Å². The van der Waals surface area contributed by atoms with E-state index in [0.29, 0.717) is 23.2 Å². The fraction of sp³-hybridized carbons (Fsp3) is 0.400. The summed E-state index contributed by atoms with van der Waals surface area (Å²) in [6.45, 7) is 2.40. The first-order chi connectivity index (χ1) is 8.20. The minimum absolute atomic E-state index is 0.481. The molecule has 2 heterocycles. The Balaban J connectivity index is 2.08. The lowest BCUT2D eigenvalue weighted by Gasteiger charge is -2.19. The Morgan fingerprint density at radius 1 is 1.53 bits per heavy atom. The average molecular weight is 256 g/mol. The van der Waals surface area contributed by atoms with Crippen LogP contribution < -0.4 is 5.59 Å². The molecule has 2 rings (SSSR count). The molecule has 1 saturated heterocycles. The van der Waals surface area contributed by atoms with Gasteiger partial charge in [0.05, 0.1) is 0 Å². The molecule has 0 saturated carbocycles. The molecule has 0 aliphatic carbocycles. The van der Waals surface area contributed by atoms with Crippen molar-refractivity contribution in [3.63, 3.8) is 0 Å². The maximum Gasteiger partial charge on any atom is 0.255 e. The van der Waals surface area contributed by atoms with E-state index in [-0.39, 0.29) is 0 Å². The van der Waals surface area contributed by atoms with Crippen LogP contribution in [0.25, 0.3) is 0 Å². The molecule has 1 fully saturated rings. The second kappa shape index (κ2) is 5.31. The van der Waals surface area contributed by atoms with E-state index in [9.17, 15) is 5.21 Å². The highest BCUT2D eigenvalue weighted by Crippen LogP contribution is 2.12. The predicted octanol–water partition coefficient (Wildman–Crippen LogP) is -0.185. The molecule has 0 bridgehead atoms. The van der Waals surface area contributed by atoms with Crippen molar-refractivity contribution in [2.45, 2.75) is 6.54 Å². The summed E-state index contributed by atoms with van der Waals surface area (Å²) in [7, 11) is 1.92. The van der Waals surface area contributed by atoms with Crippen LogP contribution in [0.2, 0.25) is 5.15 Å². The maximum atomic E-state index is 10.5. The van der Waals surface area contributed by atoms with Crippen molar-refractivity contribution in [3.8, 4) is 0 Å². The molecule has 1 aromatic rings. The van der Waals surface area contributed by atoms with E-state index in [1.807, 2.05) is 22.9 Å². The third kappa shape index (κ3) is 2.85. The first-order valence-electron chi connectivity index (χ1n) is 5.28. The number of hydrogen-bond donors (Lipinski definition) is 1. The first kappa shape index (κ1) is 12.1. The molecule has 0 spiro atoms. The van der Waals surface area contributed by atoms with Gasteiger partial charge in [0.1, 0.15) is 5.15 Å². The smallest absolute Gasteiger partial charge is 0.255 e. The van der Waals surface area contributed by atoms with Crippen LogP contribution in [0, 0.1) is 5.21 Å². The molecule has 1 aliphatic rings. The highest BCUT2D eigenvalue weighted by molar-refractivity contribution is 6.29. The van der Waals surface area contributed by atoms with E-state index in [1.165, 1.54) is 0 Å². The number of pyridine rings is 1. The third-order valence-electron chi connectivity index (χ3n) is 2.66. The molecule has 0 unspecified atom stereocenters. The zero-order valence-electron chi connectivity index (χ0n) is 9.51. The SMILES string of the molecule is CN1CCN(Cc2ccc(Cl)nc2)/C1=N/[NH2+][O-]. The van der Waals surface area contributed by atoms with Gasteiger partial charge in [0.25, 0.3) is 5.96 Å². The van der Waals surface area contributed by atoms with Gasteiger partial charge >= 0.3 is 0 Å². The van der Waals surface area contributed by atoms with Crippen molar-refractivity contribution in [2.75, 3.05) is 20.1 Å². The molecular weight excluding hydrogens is 242 g/mol. The fourth-order valence-electron chi connectivity index (χ4n) is 1.81. The summed E-state index contributed by atoms with van der Waals surface area (Å²) in [4.78, 5) is 8.02. The first-order valence-corrected chi connectivity index (χ1v) is 5.66. The van der Waals surface area contributed by atoms with Crippen LogP contribution in [0.4, 0.5) is 0 Å². The Labute approximate surface area is 104 Å². The van der Waals surface area contributed by atoms with Crippen LogP contribution in [0.3, 0.4) is 0 Å². The number of likely N-dealkylation sites (N-methyl/N-ethyl adjacent to an activating group) is 1. The number of nitrogens with zero attached hydrogens (tertiary/aromatic N) is 4. The number of halogens is 1. The standard InChI is InChI=1S/C10H14ClN5O/c1-15-4-5-16(10(15)13-14-17)7-8-2-3-9(11)12-6-8/h2-3,6H,4-5,7,14H2,1H3/b13-10+. The van der Waals surface area contributed by atoms with Gasteiger partial charge in [-0.3, -0.25) is 5.59 Å². The summed E-state index contributed by atoms with van der Waals surface area (Å²) < 4.78 is 0. The Morgan fingerprint density at radius 2 is 2.35 bits per heavy atom. The minimum atomic E-state index is 0.481. The monoisotopic (exact) mass is 255 g/mol. The summed E-state index contributed by atoms with van der Waals surface area (Å²) in [5, 5.41) is 14.8. The normalized spacial score (nSPS) is 18.2. The van der Waals surface area contributed by atoms with E-state index in [2.05, 4.69) is 10.1 Å². The molecular formula is C10H14ClN5O. The van der Waals surface area contributed by atoms with Crippen molar-refractivity contribution >= 4 is 17.6 Å². The number of quaternary nitrogens is 1. The highest BCUT2D eigenvalue weighted by Gasteiger charge is 2.24. The largest absolute Gasteiger partial charge is 0.608 e. The van der Waals surface area contributed by atoms with Crippen molar-refractivity contribution in [3.05, 3.63) is 34.3 Å². The molecule has 7 heteroatoms. The Bertz CT molecular complexity index is 408. The van der Waals surface area contributed by atoms with E-state index in [1.54, 1.807) is 12.3 Å². The third-order valence-corrected chi connectivity index (χ3v) is 2.88. The van der Waals surface area contributed by atoms with Crippen molar-refractivity contribution < 1.29 is 5.59 Å². The second-order valence-electron chi connectivity index (χ2n) is 3.87. The van der Waals surface area contributed by atoms with Crippen LogP contribution in [0.15, 0.2) is 23.4 Å². The molecule has 0 radical (unpaired) electrons. The van der Waals surface area contributed by atoms with Crippen LogP contribution in [0.5, 0.6) is 0 Å². The Morgan fingerprint density at radius 3 is 3.00 bits per heavy atom. The van der Waals surface area contributed by atoms with Gasteiger partial charge in [-0.15, -0.1) is 0 Å². The summed E-state index contributed by atoms with van der Waals surface area (Å²) in [6, 6.07) is 3.68. The molecule has 0 aromatic carbocycles. The summed E-state index contributed by atoms with van der Waals surface area (Å²) in [5.41, 5.74) is 1.62. The lowest BCUT2D eigenvalue weighted by atomic mass is 10.3. The van der Waals surface area contributed by atoms with Crippen LogP contribution in [-0.2, 0) is 6.54 Å². The summed E-state index contributed by atoms with van der Waals surface area (Å²) in [6.07, 6.45) is 1.74. The second-order valence-corrected chi connectivity index (χ2v) is 4.25. The number of aromatic nitrogens is 1. The van der Waals surface area contributed by atoms with Crippen molar-refractivity contribution in [2.24, 2.45) is 5.10 Å². The van der Waals surface area contributed by atoms with Gasteiger partial charge in [-0.05, 0) is 16.7 Å². The molecule has 0 amide bonds. The lowest BCUT2D eigenvalue weighted by Crippen LogP contribution is -2.71. The summed E-state index contributed by atoms with van der Waals surface area (Å²) >= 11 is 5.73. The van der Waals surface area contributed by atoms with Crippen molar-refractivity contribution in [1.82, 2.24) is 14.8 Å². The molecule has 0 atom stereocenters. The fourth-order valence-corrected chi connectivity index (χ4v) is 1.92. The van der Waals surface area contributed by atoms with E-state index in [4.69, 9.17) is 11.6 Å². The van der Waals surface area contributed by atoms with Crippen LogP contribution in [0.1, 0.15) is 5.56 Å². The minimum Gasteiger partial charge on any atom is -0.608 e. The van der Waals surface area contributed by atoms with Gasteiger partial charge < -0.3 is 15.0 Å². The van der Waals surface area contributed by atoms with E-state index in [0.717, 1.165) is 18.7 Å². The van der Waals surface area contributed by atoms with Crippen molar-refractivity contribution in [1.29, 1.82) is 0 Å². The number of nitrogens with two attached hydrogens (primary N) is 1. The van der Waals surface area contributed by atoms with Gasteiger partial charge in [-0.1, -0.05) is 17.7 Å².